The molecule has 0 radical (unpaired) electrons. The predicted molar refractivity (Wildman–Crippen MR) is 71.0 cm³/mol. The highest BCUT2D eigenvalue weighted by Crippen LogP contribution is 2.42. The summed E-state index contributed by atoms with van der Waals surface area (Å²) in [6, 6.07) is 6.74. The van der Waals surface area contributed by atoms with Crippen LogP contribution in [0.2, 0.25) is 0 Å². The summed E-state index contributed by atoms with van der Waals surface area (Å²) in [5, 5.41) is 0. The third-order valence-electron chi connectivity index (χ3n) is 3.90. The van der Waals surface area contributed by atoms with Crippen LogP contribution < -0.4 is 0 Å². The molecule has 0 spiro atoms. The Morgan fingerprint density at radius 3 is 2.63 bits per heavy atom. The lowest BCUT2D eigenvalue weighted by Gasteiger charge is -2.41. The fraction of sp³-hybridized carbons (Fsp3) is 0.533. The Bertz CT molecular complexity index is 457. The molecule has 104 valence electrons. The Morgan fingerprint density at radius 1 is 1.42 bits per heavy atom. The summed E-state index contributed by atoms with van der Waals surface area (Å²) in [6.07, 6.45) is 2.78. The van der Waals surface area contributed by atoms with Gasteiger partial charge in [0.2, 0.25) is 0 Å². The number of nitrogens with zero attached hydrogens (tertiary/aromatic N) is 1. The van der Waals surface area contributed by atoms with E-state index < -0.39 is 0 Å². The zero-order valence-corrected chi connectivity index (χ0v) is 11.5. The average Bonchev–Trinajstić information content (AvgIpc) is 2.36. The molecule has 19 heavy (non-hydrogen) atoms. The maximum absolute atomic E-state index is 13.6. The lowest BCUT2D eigenvalue weighted by molar-refractivity contribution is -0.160. The molecule has 0 heterocycles. The fourth-order valence-corrected chi connectivity index (χ4v) is 2.74. The van der Waals surface area contributed by atoms with Gasteiger partial charge in [0.25, 0.3) is 0 Å². The molecule has 1 aliphatic carbocycles. The maximum atomic E-state index is 13.6. The van der Waals surface area contributed by atoms with Gasteiger partial charge in [-0.05, 0) is 26.0 Å². The minimum absolute atomic E-state index is 0.140. The van der Waals surface area contributed by atoms with Crippen molar-refractivity contribution in [3.8, 4) is 0 Å². The molecule has 3 nitrogen and oxygen atoms in total. The van der Waals surface area contributed by atoms with Crippen LogP contribution in [-0.4, -0.2) is 31.6 Å². The molecule has 0 aromatic heterocycles. The lowest BCUT2D eigenvalue weighted by atomic mass is 9.68. The monoisotopic (exact) mass is 265 g/mol. The van der Waals surface area contributed by atoms with Gasteiger partial charge in [-0.25, -0.2) is 4.39 Å². The Balaban J connectivity index is 1.99. The Labute approximate surface area is 113 Å². The van der Waals surface area contributed by atoms with Gasteiger partial charge in [0.1, 0.15) is 5.82 Å². The number of halogens is 1. The van der Waals surface area contributed by atoms with Crippen molar-refractivity contribution in [2.24, 2.45) is 5.41 Å². The highest BCUT2D eigenvalue weighted by Gasteiger charge is 2.45. The highest BCUT2D eigenvalue weighted by molar-refractivity contribution is 5.78. The number of carbonyl (C=O) groups excluding carboxylic acids is 1. The van der Waals surface area contributed by atoms with Crippen molar-refractivity contribution in [1.82, 2.24) is 4.90 Å². The molecule has 1 aliphatic rings. The first-order valence-corrected chi connectivity index (χ1v) is 6.58. The molecule has 0 amide bonds. The molecule has 0 unspecified atom stereocenters. The van der Waals surface area contributed by atoms with E-state index in [2.05, 4.69) is 0 Å². The normalized spacial score (nSPS) is 17.1. The largest absolute Gasteiger partial charge is 0.469 e. The zero-order valence-electron chi connectivity index (χ0n) is 11.5. The molecule has 4 heteroatoms. The van der Waals surface area contributed by atoms with Gasteiger partial charge in [-0.2, -0.15) is 0 Å². The molecule has 0 atom stereocenters. The second-order valence-electron chi connectivity index (χ2n) is 5.39. The molecule has 1 saturated carbocycles. The molecule has 0 bridgehead atoms. The van der Waals surface area contributed by atoms with Crippen molar-refractivity contribution in [2.75, 3.05) is 20.7 Å². The number of methoxy groups -OCH3 is 1. The quantitative estimate of drug-likeness (QED) is 0.766. The third kappa shape index (κ3) is 2.95. The first-order chi connectivity index (χ1) is 9.07. The highest BCUT2D eigenvalue weighted by atomic mass is 19.1. The Kier molecular flexibility index (Phi) is 4.20. The average molecular weight is 265 g/mol. The number of ether oxygens (including phenoxy) is 1. The SMILES string of the molecule is COC(=O)C1(CN(C)Cc2ccccc2F)CCC1. The second kappa shape index (κ2) is 5.70. The van der Waals surface area contributed by atoms with Crippen molar-refractivity contribution in [3.63, 3.8) is 0 Å². The van der Waals surface area contributed by atoms with Gasteiger partial charge < -0.3 is 9.64 Å². The maximum Gasteiger partial charge on any atom is 0.313 e. The lowest BCUT2D eigenvalue weighted by Crippen LogP contribution is -2.47. The van der Waals surface area contributed by atoms with Crippen LogP contribution in [0.1, 0.15) is 24.8 Å². The van der Waals surface area contributed by atoms with E-state index in [1.54, 1.807) is 12.1 Å². The number of hydrogen-bond donors (Lipinski definition) is 0. The molecule has 1 aromatic carbocycles. The van der Waals surface area contributed by atoms with Gasteiger partial charge in [0.15, 0.2) is 0 Å². The number of rotatable bonds is 5. The van der Waals surface area contributed by atoms with E-state index >= 15 is 0 Å². The summed E-state index contributed by atoms with van der Waals surface area (Å²) < 4.78 is 18.5. The molecular weight excluding hydrogens is 245 g/mol. The topological polar surface area (TPSA) is 29.5 Å². The minimum atomic E-state index is -0.380. The molecule has 0 aliphatic heterocycles. The van der Waals surface area contributed by atoms with Crippen LogP contribution in [-0.2, 0) is 16.1 Å². The van der Waals surface area contributed by atoms with Crippen molar-refractivity contribution < 1.29 is 13.9 Å². The van der Waals surface area contributed by atoms with Crippen molar-refractivity contribution in [2.45, 2.75) is 25.8 Å². The van der Waals surface area contributed by atoms with Crippen LogP contribution in [0, 0.1) is 11.2 Å². The van der Waals surface area contributed by atoms with Gasteiger partial charge in [-0.3, -0.25) is 4.79 Å². The van der Waals surface area contributed by atoms with E-state index in [9.17, 15) is 9.18 Å². The summed E-state index contributed by atoms with van der Waals surface area (Å²) in [5.41, 5.74) is 0.277. The van der Waals surface area contributed by atoms with Gasteiger partial charge in [-0.15, -0.1) is 0 Å². The summed E-state index contributed by atoms with van der Waals surface area (Å²) in [6.45, 7) is 1.12. The zero-order chi connectivity index (χ0) is 13.9. The molecule has 1 aromatic rings. The molecular formula is C15H20FNO2. The molecule has 0 saturated heterocycles. The van der Waals surface area contributed by atoms with Crippen molar-refractivity contribution in [3.05, 3.63) is 35.6 Å². The first-order valence-electron chi connectivity index (χ1n) is 6.58. The summed E-state index contributed by atoms with van der Waals surface area (Å²) in [4.78, 5) is 13.8. The number of carbonyl (C=O) groups is 1. The molecule has 1 fully saturated rings. The van der Waals surface area contributed by atoms with Gasteiger partial charge in [0, 0.05) is 18.7 Å². The fourth-order valence-electron chi connectivity index (χ4n) is 2.74. The van der Waals surface area contributed by atoms with Crippen LogP contribution in [0.15, 0.2) is 24.3 Å². The van der Waals surface area contributed by atoms with Crippen LogP contribution in [0.5, 0.6) is 0 Å². The Morgan fingerprint density at radius 2 is 2.11 bits per heavy atom. The van der Waals surface area contributed by atoms with Gasteiger partial charge >= 0.3 is 5.97 Å². The Hall–Kier alpha value is -1.42. The molecule has 2 rings (SSSR count). The number of benzene rings is 1. The second-order valence-corrected chi connectivity index (χ2v) is 5.39. The van der Waals surface area contributed by atoms with Crippen molar-refractivity contribution >= 4 is 5.97 Å². The summed E-state index contributed by atoms with van der Waals surface area (Å²) >= 11 is 0. The van der Waals surface area contributed by atoms with Crippen molar-refractivity contribution in [1.29, 1.82) is 0 Å². The van der Waals surface area contributed by atoms with Crippen LogP contribution in [0.3, 0.4) is 0 Å². The molecule has 0 N–H and O–H groups in total. The predicted octanol–water partition coefficient (Wildman–Crippen LogP) is 2.60. The van der Waals surface area contributed by atoms with E-state index in [1.807, 2.05) is 18.0 Å². The minimum Gasteiger partial charge on any atom is -0.469 e. The first kappa shape index (κ1) is 14.0. The smallest absolute Gasteiger partial charge is 0.313 e. The van der Waals surface area contributed by atoms with Crippen LogP contribution >= 0.6 is 0 Å². The van der Waals surface area contributed by atoms with E-state index in [0.29, 0.717) is 18.7 Å². The summed E-state index contributed by atoms with van der Waals surface area (Å²) in [5.74, 6) is -0.339. The van der Waals surface area contributed by atoms with E-state index in [0.717, 1.165) is 19.3 Å². The standard InChI is InChI=1S/C15H20FNO2/c1-17(10-12-6-3-4-7-13(12)16)11-15(8-5-9-15)14(18)19-2/h3-4,6-7H,5,8-11H2,1-2H3. The third-order valence-corrected chi connectivity index (χ3v) is 3.90. The number of esters is 1. The van der Waals surface area contributed by atoms with Crippen LogP contribution in [0.4, 0.5) is 4.39 Å². The van der Waals surface area contributed by atoms with E-state index in [1.165, 1.54) is 13.2 Å². The van der Waals surface area contributed by atoms with Gasteiger partial charge in [-0.1, -0.05) is 24.6 Å². The summed E-state index contributed by atoms with van der Waals surface area (Å²) in [7, 11) is 3.34. The van der Waals surface area contributed by atoms with Crippen LogP contribution in [0.25, 0.3) is 0 Å². The van der Waals surface area contributed by atoms with E-state index in [-0.39, 0.29) is 17.2 Å². The van der Waals surface area contributed by atoms with Gasteiger partial charge in [0.05, 0.1) is 12.5 Å². The number of hydrogen-bond acceptors (Lipinski definition) is 3. The van der Waals surface area contributed by atoms with E-state index in [4.69, 9.17) is 4.74 Å².